The third-order valence-electron chi connectivity index (χ3n) is 2.80. The van der Waals surface area contributed by atoms with Crippen LogP contribution < -0.4 is 5.32 Å². The zero-order chi connectivity index (χ0) is 9.26. The average Bonchev–Trinajstić information content (AvgIpc) is 2.51. The van der Waals surface area contributed by atoms with Crippen LogP contribution in [-0.2, 0) is 0 Å². The van der Waals surface area contributed by atoms with E-state index in [4.69, 9.17) is 0 Å². The van der Waals surface area contributed by atoms with Crippen LogP contribution in [-0.4, -0.2) is 12.6 Å². The normalized spacial score (nSPS) is 27.8. The Kier molecular flexibility index (Phi) is 2.32. The van der Waals surface area contributed by atoms with Crippen molar-refractivity contribution in [2.24, 2.45) is 0 Å². The maximum Gasteiger partial charge on any atom is 0.123 e. The lowest BCUT2D eigenvalue weighted by molar-refractivity contribution is 0.582. The summed E-state index contributed by atoms with van der Waals surface area (Å²) in [4.78, 5) is 0. The van der Waals surface area contributed by atoms with Crippen molar-refractivity contribution in [2.75, 3.05) is 6.54 Å². The van der Waals surface area contributed by atoms with E-state index in [1.165, 1.54) is 6.07 Å². The van der Waals surface area contributed by atoms with E-state index in [-0.39, 0.29) is 5.82 Å². The highest BCUT2D eigenvalue weighted by molar-refractivity contribution is 5.23. The summed E-state index contributed by atoms with van der Waals surface area (Å²) in [6.45, 7) is 3.20. The first-order valence-corrected chi connectivity index (χ1v) is 4.76. The number of rotatable bonds is 1. The van der Waals surface area contributed by atoms with Crippen molar-refractivity contribution in [3.05, 3.63) is 35.6 Å². The van der Waals surface area contributed by atoms with Crippen molar-refractivity contribution in [3.8, 4) is 0 Å². The van der Waals surface area contributed by atoms with Gasteiger partial charge in [-0.25, -0.2) is 4.39 Å². The number of hydrogen-bond donors (Lipinski definition) is 1. The van der Waals surface area contributed by atoms with Crippen LogP contribution in [0.15, 0.2) is 24.3 Å². The predicted octanol–water partition coefficient (Wildman–Crippen LogP) is 2.29. The fourth-order valence-electron chi connectivity index (χ4n) is 2.05. The van der Waals surface area contributed by atoms with Crippen LogP contribution in [0.25, 0.3) is 0 Å². The van der Waals surface area contributed by atoms with Crippen LogP contribution in [0, 0.1) is 5.82 Å². The fraction of sp³-hybridized carbons (Fsp3) is 0.455. The van der Waals surface area contributed by atoms with E-state index in [2.05, 4.69) is 12.2 Å². The number of hydrogen-bond acceptors (Lipinski definition) is 1. The zero-order valence-corrected chi connectivity index (χ0v) is 7.76. The van der Waals surface area contributed by atoms with Crippen LogP contribution in [0.2, 0.25) is 0 Å². The van der Waals surface area contributed by atoms with E-state index >= 15 is 0 Å². The van der Waals surface area contributed by atoms with E-state index in [9.17, 15) is 4.39 Å². The highest BCUT2D eigenvalue weighted by Gasteiger charge is 2.24. The van der Waals surface area contributed by atoms with Gasteiger partial charge in [-0.3, -0.25) is 0 Å². The molecule has 1 aliphatic heterocycles. The van der Waals surface area contributed by atoms with Crippen LogP contribution >= 0.6 is 0 Å². The van der Waals surface area contributed by atoms with Crippen LogP contribution in [0.3, 0.4) is 0 Å². The Labute approximate surface area is 78.0 Å². The van der Waals surface area contributed by atoms with Gasteiger partial charge in [-0.05, 0) is 37.6 Å². The molecule has 1 aliphatic rings. The lowest BCUT2D eigenvalue weighted by Gasteiger charge is -2.14. The molecule has 0 bridgehead atoms. The molecule has 1 saturated heterocycles. The minimum Gasteiger partial charge on any atom is -0.314 e. The number of halogens is 1. The van der Waals surface area contributed by atoms with Gasteiger partial charge in [-0.15, -0.1) is 0 Å². The molecule has 13 heavy (non-hydrogen) atoms. The lowest BCUT2D eigenvalue weighted by Crippen LogP contribution is -2.21. The minimum absolute atomic E-state index is 0.128. The largest absolute Gasteiger partial charge is 0.314 e. The Balaban J connectivity index is 2.24. The lowest BCUT2D eigenvalue weighted by atomic mass is 9.93. The molecule has 1 aromatic carbocycles. The van der Waals surface area contributed by atoms with Gasteiger partial charge in [-0.1, -0.05) is 12.1 Å². The molecule has 2 rings (SSSR count). The molecule has 1 heterocycles. The van der Waals surface area contributed by atoms with Crippen LogP contribution in [0.4, 0.5) is 4.39 Å². The third kappa shape index (κ3) is 1.73. The summed E-state index contributed by atoms with van der Waals surface area (Å²) < 4.78 is 12.9. The topological polar surface area (TPSA) is 12.0 Å². The second-order valence-electron chi connectivity index (χ2n) is 3.69. The summed E-state index contributed by atoms with van der Waals surface area (Å²) in [7, 11) is 0. The average molecular weight is 179 g/mol. The van der Waals surface area contributed by atoms with Gasteiger partial charge >= 0.3 is 0 Å². The zero-order valence-electron chi connectivity index (χ0n) is 7.76. The first-order valence-electron chi connectivity index (χ1n) is 4.76. The summed E-state index contributed by atoms with van der Waals surface area (Å²) in [5, 5.41) is 3.37. The quantitative estimate of drug-likeness (QED) is 0.697. The van der Waals surface area contributed by atoms with Crippen molar-refractivity contribution in [1.29, 1.82) is 0 Å². The highest BCUT2D eigenvalue weighted by atomic mass is 19.1. The second-order valence-corrected chi connectivity index (χ2v) is 3.69. The molecule has 0 amide bonds. The Hall–Kier alpha value is -0.890. The van der Waals surface area contributed by atoms with Gasteiger partial charge in [0.1, 0.15) is 5.82 Å². The van der Waals surface area contributed by atoms with Crippen molar-refractivity contribution >= 4 is 0 Å². The molecular weight excluding hydrogens is 165 g/mol. The van der Waals surface area contributed by atoms with E-state index < -0.39 is 0 Å². The monoisotopic (exact) mass is 179 g/mol. The molecule has 0 radical (unpaired) electrons. The molecule has 1 nitrogen and oxygen atoms in total. The maximum atomic E-state index is 12.9. The standard InChI is InChI=1S/C11H14FN/c1-8-11(5-6-13-8)9-3-2-4-10(12)7-9/h2-4,7-8,11,13H,5-6H2,1H3. The van der Waals surface area contributed by atoms with Crippen molar-refractivity contribution in [3.63, 3.8) is 0 Å². The van der Waals surface area contributed by atoms with Gasteiger partial charge in [-0.2, -0.15) is 0 Å². The van der Waals surface area contributed by atoms with Crippen LogP contribution in [0.1, 0.15) is 24.8 Å². The van der Waals surface area contributed by atoms with Gasteiger partial charge in [0.15, 0.2) is 0 Å². The second kappa shape index (κ2) is 3.46. The molecule has 1 N–H and O–H groups in total. The highest BCUT2D eigenvalue weighted by Crippen LogP contribution is 2.27. The molecule has 2 unspecified atom stereocenters. The Morgan fingerprint density at radius 1 is 1.46 bits per heavy atom. The Morgan fingerprint density at radius 3 is 2.92 bits per heavy atom. The summed E-state index contributed by atoms with van der Waals surface area (Å²) in [6, 6.07) is 7.42. The first-order chi connectivity index (χ1) is 6.27. The Morgan fingerprint density at radius 2 is 2.31 bits per heavy atom. The predicted molar refractivity (Wildman–Crippen MR) is 51.2 cm³/mol. The fourth-order valence-corrected chi connectivity index (χ4v) is 2.05. The molecule has 1 aromatic rings. The minimum atomic E-state index is -0.128. The molecular formula is C11H14FN. The molecule has 2 heteroatoms. The van der Waals surface area contributed by atoms with Gasteiger partial charge in [0.25, 0.3) is 0 Å². The summed E-state index contributed by atoms with van der Waals surface area (Å²) in [5.74, 6) is 0.354. The smallest absolute Gasteiger partial charge is 0.123 e. The van der Waals surface area contributed by atoms with Crippen molar-refractivity contribution < 1.29 is 4.39 Å². The maximum absolute atomic E-state index is 12.9. The molecule has 0 aromatic heterocycles. The molecule has 2 atom stereocenters. The van der Waals surface area contributed by atoms with Crippen LogP contribution in [0.5, 0.6) is 0 Å². The first kappa shape index (κ1) is 8.70. The van der Waals surface area contributed by atoms with Gasteiger partial charge in [0, 0.05) is 12.0 Å². The van der Waals surface area contributed by atoms with Gasteiger partial charge in [0.05, 0.1) is 0 Å². The molecule has 0 aliphatic carbocycles. The summed E-state index contributed by atoms with van der Waals surface area (Å²) in [5.41, 5.74) is 1.12. The summed E-state index contributed by atoms with van der Waals surface area (Å²) in [6.07, 6.45) is 1.12. The molecule has 1 fully saturated rings. The van der Waals surface area contributed by atoms with Gasteiger partial charge < -0.3 is 5.32 Å². The number of nitrogens with one attached hydrogen (secondary N) is 1. The van der Waals surface area contributed by atoms with E-state index in [1.54, 1.807) is 12.1 Å². The van der Waals surface area contributed by atoms with E-state index in [0.717, 1.165) is 18.5 Å². The van der Waals surface area contributed by atoms with E-state index in [0.29, 0.717) is 12.0 Å². The molecule has 70 valence electrons. The Bertz CT molecular complexity index is 298. The SMILES string of the molecule is CC1NCCC1c1cccc(F)c1. The molecule has 0 spiro atoms. The number of benzene rings is 1. The van der Waals surface area contributed by atoms with Gasteiger partial charge in [0.2, 0.25) is 0 Å². The van der Waals surface area contributed by atoms with Crippen molar-refractivity contribution in [1.82, 2.24) is 5.32 Å². The summed E-state index contributed by atoms with van der Waals surface area (Å²) >= 11 is 0. The van der Waals surface area contributed by atoms with E-state index in [1.807, 2.05) is 6.07 Å². The third-order valence-corrected chi connectivity index (χ3v) is 2.80. The van der Waals surface area contributed by atoms with Crippen molar-refractivity contribution in [2.45, 2.75) is 25.3 Å². The molecule has 0 saturated carbocycles.